The third kappa shape index (κ3) is 3.91. The van der Waals surface area contributed by atoms with E-state index in [1.165, 1.54) is 10.7 Å². The third-order valence-corrected chi connectivity index (χ3v) is 5.67. The van der Waals surface area contributed by atoms with Crippen molar-refractivity contribution in [2.24, 2.45) is 0 Å². The Kier molecular flexibility index (Phi) is 5.70. The lowest BCUT2D eigenvalue weighted by atomic mass is 10.1. The molecule has 0 saturated carbocycles. The first-order valence-electron chi connectivity index (χ1n) is 10.5. The number of methoxy groups -OCH3 is 1. The molecule has 0 radical (unpaired) electrons. The van der Waals surface area contributed by atoms with Gasteiger partial charge in [-0.05, 0) is 13.0 Å². The maximum absolute atomic E-state index is 14.8. The van der Waals surface area contributed by atoms with E-state index in [1.807, 2.05) is 4.90 Å². The number of halogens is 2. The Morgan fingerprint density at radius 2 is 2.09 bits per heavy atom. The monoisotopic (exact) mass is 446 g/mol. The molecule has 32 heavy (non-hydrogen) atoms. The molecular formula is C20H24F2N8O2. The van der Waals surface area contributed by atoms with E-state index in [0.29, 0.717) is 68.7 Å². The van der Waals surface area contributed by atoms with E-state index in [1.54, 1.807) is 13.2 Å². The van der Waals surface area contributed by atoms with Crippen molar-refractivity contribution < 1.29 is 18.3 Å². The number of nitrogens with zero attached hydrogens (tertiary/aromatic N) is 6. The zero-order chi connectivity index (χ0) is 22.1. The van der Waals surface area contributed by atoms with E-state index in [9.17, 15) is 8.78 Å². The number of rotatable bonds is 5. The fourth-order valence-corrected chi connectivity index (χ4v) is 3.95. The molecule has 2 fully saturated rings. The number of nitrogens with one attached hydrogen (secondary N) is 2. The average molecular weight is 446 g/mol. The van der Waals surface area contributed by atoms with Gasteiger partial charge >= 0.3 is 0 Å². The predicted octanol–water partition coefficient (Wildman–Crippen LogP) is 1.28. The SMILES string of the molecule is COc1cc2ncc(-c3nc(NC4CNCCC4F)ncc3F)n2nc1N1CCOCC1. The molecule has 2 aliphatic rings. The summed E-state index contributed by atoms with van der Waals surface area (Å²) in [5.74, 6) is 0.709. The molecule has 0 amide bonds. The summed E-state index contributed by atoms with van der Waals surface area (Å²) in [4.78, 5) is 14.7. The summed E-state index contributed by atoms with van der Waals surface area (Å²) >= 11 is 0. The van der Waals surface area contributed by atoms with Gasteiger partial charge in [0.25, 0.3) is 0 Å². The summed E-state index contributed by atoms with van der Waals surface area (Å²) in [6.07, 6.45) is 1.93. The zero-order valence-electron chi connectivity index (χ0n) is 17.6. The molecule has 12 heteroatoms. The Hall–Kier alpha value is -3.12. The Balaban J connectivity index is 1.52. The third-order valence-electron chi connectivity index (χ3n) is 5.67. The predicted molar refractivity (Wildman–Crippen MR) is 113 cm³/mol. The number of ether oxygens (including phenoxy) is 2. The molecular weight excluding hydrogens is 422 g/mol. The number of piperidine rings is 1. The van der Waals surface area contributed by atoms with Crippen LogP contribution in [0.25, 0.3) is 17.0 Å². The number of aromatic nitrogens is 5. The largest absolute Gasteiger partial charge is 0.493 e. The Morgan fingerprint density at radius 1 is 1.25 bits per heavy atom. The molecule has 2 atom stereocenters. The molecule has 3 aromatic heterocycles. The summed E-state index contributed by atoms with van der Waals surface area (Å²) in [6, 6.07) is 1.26. The van der Waals surface area contributed by atoms with E-state index in [-0.39, 0.29) is 11.6 Å². The smallest absolute Gasteiger partial charge is 0.223 e. The van der Waals surface area contributed by atoms with Crippen LogP contribution in [0.15, 0.2) is 18.5 Å². The molecule has 0 bridgehead atoms. The molecule has 0 aliphatic carbocycles. The number of fused-ring (bicyclic) bond motifs is 1. The Labute approximate surface area is 183 Å². The summed E-state index contributed by atoms with van der Waals surface area (Å²) in [5, 5.41) is 10.8. The van der Waals surface area contributed by atoms with Crippen molar-refractivity contribution in [1.29, 1.82) is 0 Å². The second-order valence-corrected chi connectivity index (χ2v) is 7.70. The number of anilines is 2. The number of hydrogen-bond acceptors (Lipinski definition) is 9. The van der Waals surface area contributed by atoms with Gasteiger partial charge in [0.15, 0.2) is 23.0 Å². The maximum atomic E-state index is 14.8. The van der Waals surface area contributed by atoms with Crippen molar-refractivity contribution in [3.05, 3.63) is 24.3 Å². The molecule has 5 rings (SSSR count). The van der Waals surface area contributed by atoms with Crippen LogP contribution in [0.5, 0.6) is 5.75 Å². The lowest BCUT2D eigenvalue weighted by Gasteiger charge is -2.28. The van der Waals surface area contributed by atoms with Gasteiger partial charge in [0.2, 0.25) is 5.95 Å². The molecule has 0 aromatic carbocycles. The van der Waals surface area contributed by atoms with Crippen molar-refractivity contribution in [3.63, 3.8) is 0 Å². The summed E-state index contributed by atoms with van der Waals surface area (Å²) in [5.41, 5.74) is 0.875. The van der Waals surface area contributed by atoms with E-state index in [0.717, 1.165) is 6.20 Å². The van der Waals surface area contributed by atoms with Crippen molar-refractivity contribution >= 4 is 17.4 Å². The van der Waals surface area contributed by atoms with Crippen molar-refractivity contribution in [2.45, 2.75) is 18.6 Å². The van der Waals surface area contributed by atoms with Crippen LogP contribution in [0.1, 0.15) is 6.42 Å². The molecule has 0 spiro atoms. The Morgan fingerprint density at radius 3 is 2.88 bits per heavy atom. The number of hydrogen-bond donors (Lipinski definition) is 2. The van der Waals surface area contributed by atoms with Gasteiger partial charge in [-0.3, -0.25) is 0 Å². The fourth-order valence-electron chi connectivity index (χ4n) is 3.95. The van der Waals surface area contributed by atoms with E-state index >= 15 is 0 Å². The van der Waals surface area contributed by atoms with Crippen LogP contribution < -0.4 is 20.3 Å². The highest BCUT2D eigenvalue weighted by molar-refractivity contribution is 5.65. The van der Waals surface area contributed by atoms with Crippen LogP contribution in [0.3, 0.4) is 0 Å². The quantitative estimate of drug-likeness (QED) is 0.600. The minimum Gasteiger partial charge on any atom is -0.493 e. The highest BCUT2D eigenvalue weighted by Crippen LogP contribution is 2.30. The maximum Gasteiger partial charge on any atom is 0.223 e. The van der Waals surface area contributed by atoms with Gasteiger partial charge < -0.3 is 25.0 Å². The second-order valence-electron chi connectivity index (χ2n) is 7.70. The lowest BCUT2D eigenvalue weighted by Crippen LogP contribution is -2.46. The lowest BCUT2D eigenvalue weighted by molar-refractivity contribution is 0.122. The number of morpholine rings is 1. The van der Waals surface area contributed by atoms with Gasteiger partial charge in [0.1, 0.15) is 17.6 Å². The summed E-state index contributed by atoms with van der Waals surface area (Å²) in [6.45, 7) is 3.55. The van der Waals surface area contributed by atoms with Crippen LogP contribution in [0.4, 0.5) is 20.5 Å². The van der Waals surface area contributed by atoms with Crippen molar-refractivity contribution in [3.8, 4) is 17.1 Å². The molecule has 5 heterocycles. The molecule has 2 aliphatic heterocycles. The first-order valence-corrected chi connectivity index (χ1v) is 10.5. The van der Waals surface area contributed by atoms with Gasteiger partial charge in [0, 0.05) is 25.7 Å². The first-order chi connectivity index (χ1) is 15.6. The first kappa shape index (κ1) is 20.8. The van der Waals surface area contributed by atoms with Crippen LogP contribution in [0.2, 0.25) is 0 Å². The highest BCUT2D eigenvalue weighted by atomic mass is 19.1. The topological polar surface area (TPSA) is 102 Å². The van der Waals surface area contributed by atoms with E-state index in [4.69, 9.17) is 9.47 Å². The van der Waals surface area contributed by atoms with Crippen LogP contribution in [-0.2, 0) is 4.74 Å². The minimum atomic E-state index is -1.03. The molecule has 10 nitrogen and oxygen atoms in total. The van der Waals surface area contributed by atoms with E-state index < -0.39 is 18.0 Å². The van der Waals surface area contributed by atoms with Crippen LogP contribution >= 0.6 is 0 Å². The van der Waals surface area contributed by atoms with Gasteiger partial charge in [-0.15, -0.1) is 5.10 Å². The van der Waals surface area contributed by atoms with Gasteiger partial charge in [-0.2, -0.15) is 0 Å². The zero-order valence-corrected chi connectivity index (χ0v) is 17.6. The standard InChI is InChI=1S/C20H24F2N8O2/c1-31-16-8-17-24-11-15(30(17)28-19(16)29-4-6-32-7-5-29)18-13(22)9-25-20(27-18)26-14-10-23-3-2-12(14)21/h8-9,11-12,14,23H,2-7,10H2,1H3,(H,25,26,27). The molecule has 2 saturated heterocycles. The molecule has 2 unspecified atom stereocenters. The molecule has 2 N–H and O–H groups in total. The normalized spacial score (nSPS) is 21.7. The van der Waals surface area contributed by atoms with E-state index in [2.05, 4.69) is 30.7 Å². The molecule has 3 aromatic rings. The minimum absolute atomic E-state index is 0.0276. The fraction of sp³-hybridized carbons (Fsp3) is 0.500. The van der Waals surface area contributed by atoms with Gasteiger partial charge in [-0.25, -0.2) is 28.2 Å². The van der Waals surface area contributed by atoms with Gasteiger partial charge in [0.05, 0.1) is 38.8 Å². The van der Waals surface area contributed by atoms with Crippen LogP contribution in [-0.4, -0.2) is 83.3 Å². The average Bonchev–Trinajstić information content (AvgIpc) is 3.24. The van der Waals surface area contributed by atoms with Crippen molar-refractivity contribution in [1.82, 2.24) is 29.9 Å². The Bertz CT molecular complexity index is 1100. The number of alkyl halides is 1. The van der Waals surface area contributed by atoms with Crippen molar-refractivity contribution in [2.75, 3.05) is 56.7 Å². The second kappa shape index (κ2) is 8.79. The molecule has 170 valence electrons. The number of imidazole rings is 1. The summed E-state index contributed by atoms with van der Waals surface area (Å²) in [7, 11) is 1.57. The highest BCUT2D eigenvalue weighted by Gasteiger charge is 2.26. The summed E-state index contributed by atoms with van der Waals surface area (Å²) < 4.78 is 41.4. The van der Waals surface area contributed by atoms with Gasteiger partial charge in [-0.1, -0.05) is 0 Å². The van der Waals surface area contributed by atoms with Crippen LogP contribution in [0, 0.1) is 5.82 Å².